The van der Waals surface area contributed by atoms with Crippen LogP contribution < -0.4 is 19.8 Å². The first-order chi connectivity index (χ1) is 12.2. The van der Waals surface area contributed by atoms with Crippen LogP contribution in [-0.2, 0) is 27.4 Å². The molecule has 132 valence electrons. The lowest BCUT2D eigenvalue weighted by molar-refractivity contribution is -0.684. The number of nitrogens with one attached hydrogen (secondary N) is 2. The molecule has 0 saturated heterocycles. The average molecular weight is 344 g/mol. The zero-order valence-electron chi connectivity index (χ0n) is 14.1. The van der Waals surface area contributed by atoms with E-state index in [0.29, 0.717) is 26.3 Å². The normalized spacial score (nSPS) is 10.2. The first-order valence-corrected chi connectivity index (χ1v) is 8.23. The Morgan fingerprint density at radius 3 is 1.48 bits per heavy atom. The number of hydrogen-bond acceptors (Lipinski definition) is 3. The third-order valence-corrected chi connectivity index (χ3v) is 3.34. The van der Waals surface area contributed by atoms with Crippen LogP contribution in [0.25, 0.3) is 0 Å². The van der Waals surface area contributed by atoms with Gasteiger partial charge in [-0.2, -0.15) is 9.13 Å². The summed E-state index contributed by atoms with van der Waals surface area (Å²) in [6.45, 7) is 2.28. The van der Waals surface area contributed by atoms with Gasteiger partial charge >= 0.3 is 0 Å². The number of rotatable bonds is 10. The standard InChI is InChI=1S/C18H22N4O3/c23-17(15-21-9-3-1-4-10-21)19-7-13-25-14-8-20-18(24)16-22-11-5-2-6-12-22/h1-6,9-12H,7-8,13-16H2/p+2. The number of carbonyl (C=O) groups excluding carboxylic acids is 2. The minimum absolute atomic E-state index is 0.0620. The van der Waals surface area contributed by atoms with Crippen LogP contribution in [0.3, 0.4) is 0 Å². The van der Waals surface area contributed by atoms with Crippen LogP contribution in [0.15, 0.2) is 61.2 Å². The van der Waals surface area contributed by atoms with Gasteiger partial charge in [0, 0.05) is 37.4 Å². The number of ether oxygens (including phenoxy) is 1. The molecule has 0 bridgehead atoms. The van der Waals surface area contributed by atoms with E-state index in [1.54, 1.807) is 9.13 Å². The van der Waals surface area contributed by atoms with Crippen molar-refractivity contribution in [3.8, 4) is 0 Å². The Bertz CT molecular complexity index is 592. The molecule has 0 spiro atoms. The third kappa shape index (κ3) is 8.03. The van der Waals surface area contributed by atoms with Crippen molar-refractivity contribution in [2.24, 2.45) is 0 Å². The molecule has 0 aromatic carbocycles. The van der Waals surface area contributed by atoms with Crippen molar-refractivity contribution in [2.45, 2.75) is 13.1 Å². The van der Waals surface area contributed by atoms with Gasteiger partial charge in [0.15, 0.2) is 24.8 Å². The van der Waals surface area contributed by atoms with Crippen molar-refractivity contribution in [3.05, 3.63) is 61.2 Å². The summed E-state index contributed by atoms with van der Waals surface area (Å²) < 4.78 is 9.00. The molecule has 0 unspecified atom stereocenters. The van der Waals surface area contributed by atoms with Crippen molar-refractivity contribution in [1.82, 2.24) is 10.6 Å². The average Bonchev–Trinajstić information content (AvgIpc) is 2.62. The Balaban J connectivity index is 1.46. The minimum Gasteiger partial charge on any atom is -0.378 e. The summed E-state index contributed by atoms with van der Waals surface area (Å²) in [5.74, 6) is -0.124. The first kappa shape index (κ1) is 18.5. The summed E-state index contributed by atoms with van der Waals surface area (Å²) in [5, 5.41) is 5.58. The Hall–Kier alpha value is -2.80. The predicted molar refractivity (Wildman–Crippen MR) is 90.1 cm³/mol. The Morgan fingerprint density at radius 2 is 1.08 bits per heavy atom. The van der Waals surface area contributed by atoms with Gasteiger partial charge in [-0.1, -0.05) is 12.1 Å². The minimum atomic E-state index is -0.0620. The highest BCUT2D eigenvalue weighted by atomic mass is 16.5. The summed E-state index contributed by atoms with van der Waals surface area (Å²) in [4.78, 5) is 23.4. The van der Waals surface area contributed by atoms with Crippen LogP contribution in [0.2, 0.25) is 0 Å². The smallest absolute Gasteiger partial charge is 0.286 e. The van der Waals surface area contributed by atoms with E-state index >= 15 is 0 Å². The zero-order valence-corrected chi connectivity index (χ0v) is 14.1. The lowest BCUT2D eigenvalue weighted by atomic mass is 10.4. The fourth-order valence-electron chi connectivity index (χ4n) is 2.15. The van der Waals surface area contributed by atoms with Crippen LogP contribution in [0.5, 0.6) is 0 Å². The van der Waals surface area contributed by atoms with E-state index in [1.807, 2.05) is 61.2 Å². The first-order valence-electron chi connectivity index (χ1n) is 8.23. The van der Waals surface area contributed by atoms with Gasteiger partial charge in [0.25, 0.3) is 11.8 Å². The molecule has 2 aromatic rings. The molecule has 2 amide bonds. The molecule has 0 saturated carbocycles. The van der Waals surface area contributed by atoms with Gasteiger partial charge in [-0.05, 0) is 0 Å². The van der Waals surface area contributed by atoms with Crippen LogP contribution in [0.1, 0.15) is 0 Å². The maximum Gasteiger partial charge on any atom is 0.286 e. The van der Waals surface area contributed by atoms with Gasteiger partial charge in [0.1, 0.15) is 0 Å². The van der Waals surface area contributed by atoms with E-state index in [1.165, 1.54) is 0 Å². The van der Waals surface area contributed by atoms with E-state index in [-0.39, 0.29) is 24.9 Å². The topological polar surface area (TPSA) is 75.2 Å². The summed E-state index contributed by atoms with van der Waals surface area (Å²) >= 11 is 0. The summed E-state index contributed by atoms with van der Waals surface area (Å²) in [6, 6.07) is 11.3. The molecule has 25 heavy (non-hydrogen) atoms. The zero-order chi connectivity index (χ0) is 17.7. The van der Waals surface area contributed by atoms with Gasteiger partial charge in [0.2, 0.25) is 13.1 Å². The van der Waals surface area contributed by atoms with E-state index in [2.05, 4.69) is 10.6 Å². The number of nitrogens with zero attached hydrogens (tertiary/aromatic N) is 2. The van der Waals surface area contributed by atoms with Crippen molar-refractivity contribution >= 4 is 11.8 Å². The highest BCUT2D eigenvalue weighted by Crippen LogP contribution is 1.79. The van der Waals surface area contributed by atoms with E-state index in [4.69, 9.17) is 4.74 Å². The van der Waals surface area contributed by atoms with Crippen molar-refractivity contribution in [2.75, 3.05) is 26.3 Å². The molecule has 0 aliphatic carbocycles. The molecule has 7 nitrogen and oxygen atoms in total. The van der Waals surface area contributed by atoms with E-state index < -0.39 is 0 Å². The molecule has 2 heterocycles. The monoisotopic (exact) mass is 344 g/mol. The van der Waals surface area contributed by atoms with Gasteiger partial charge in [0.05, 0.1) is 13.2 Å². The third-order valence-electron chi connectivity index (χ3n) is 3.34. The molecule has 0 fully saturated rings. The molecule has 0 aliphatic rings. The Kier molecular flexibility index (Phi) is 8.07. The summed E-state index contributed by atoms with van der Waals surface area (Å²) in [6.07, 6.45) is 7.36. The SMILES string of the molecule is O=C(C[n+]1ccccc1)NCCOCCNC(=O)C[n+]1ccccc1. The van der Waals surface area contributed by atoms with Gasteiger partial charge in [-0.15, -0.1) is 0 Å². The summed E-state index contributed by atoms with van der Waals surface area (Å²) in [7, 11) is 0. The molecular formula is C18H24N4O3+2. The largest absolute Gasteiger partial charge is 0.378 e. The molecule has 2 N–H and O–H groups in total. The molecule has 2 rings (SSSR count). The van der Waals surface area contributed by atoms with Crippen molar-refractivity contribution < 1.29 is 23.5 Å². The lowest BCUT2D eigenvalue weighted by Crippen LogP contribution is -2.43. The molecule has 0 atom stereocenters. The number of pyridine rings is 2. The van der Waals surface area contributed by atoms with Crippen LogP contribution in [0.4, 0.5) is 0 Å². The van der Waals surface area contributed by atoms with Gasteiger partial charge in [-0.3, -0.25) is 9.59 Å². The van der Waals surface area contributed by atoms with Crippen molar-refractivity contribution in [1.29, 1.82) is 0 Å². The quantitative estimate of drug-likeness (QED) is 0.438. The second-order valence-electron chi connectivity index (χ2n) is 5.41. The number of carbonyl (C=O) groups is 2. The van der Waals surface area contributed by atoms with E-state index in [0.717, 1.165) is 0 Å². The highest BCUT2D eigenvalue weighted by molar-refractivity contribution is 5.74. The second kappa shape index (κ2) is 10.9. The van der Waals surface area contributed by atoms with Crippen LogP contribution in [-0.4, -0.2) is 38.1 Å². The molecule has 2 aromatic heterocycles. The maximum absolute atomic E-state index is 11.7. The predicted octanol–water partition coefficient (Wildman–Crippen LogP) is -0.789. The molecule has 7 heteroatoms. The molecule has 0 radical (unpaired) electrons. The number of amides is 2. The van der Waals surface area contributed by atoms with Crippen molar-refractivity contribution in [3.63, 3.8) is 0 Å². The maximum atomic E-state index is 11.7. The fourth-order valence-corrected chi connectivity index (χ4v) is 2.15. The summed E-state index contributed by atoms with van der Waals surface area (Å²) in [5.41, 5.74) is 0. The van der Waals surface area contributed by atoms with Crippen LogP contribution in [0, 0.1) is 0 Å². The highest BCUT2D eigenvalue weighted by Gasteiger charge is 2.08. The number of aromatic nitrogens is 2. The Labute approximate surface area is 147 Å². The molecule has 0 aliphatic heterocycles. The van der Waals surface area contributed by atoms with Gasteiger partial charge < -0.3 is 15.4 Å². The van der Waals surface area contributed by atoms with Gasteiger partial charge in [-0.25, -0.2) is 0 Å². The molecular weight excluding hydrogens is 320 g/mol. The fraction of sp³-hybridized carbons (Fsp3) is 0.333. The van der Waals surface area contributed by atoms with Crippen LogP contribution >= 0.6 is 0 Å². The Morgan fingerprint density at radius 1 is 0.680 bits per heavy atom. The number of hydrogen-bond donors (Lipinski definition) is 2. The lowest BCUT2D eigenvalue weighted by Gasteiger charge is -2.06. The second-order valence-corrected chi connectivity index (χ2v) is 5.41. The van der Waals surface area contributed by atoms with E-state index in [9.17, 15) is 9.59 Å².